The summed E-state index contributed by atoms with van der Waals surface area (Å²) >= 11 is 0. The van der Waals surface area contributed by atoms with Crippen molar-refractivity contribution >= 4 is 27.5 Å². The molecule has 182 valence electrons. The fourth-order valence-electron chi connectivity index (χ4n) is 4.93. The van der Waals surface area contributed by atoms with Gasteiger partial charge in [-0.05, 0) is 54.7 Å². The molecule has 2 aromatic carbocycles. The van der Waals surface area contributed by atoms with E-state index in [0.717, 1.165) is 43.2 Å². The van der Waals surface area contributed by atoms with E-state index in [-0.39, 0.29) is 23.4 Å². The number of hydrogen-bond acceptors (Lipinski definition) is 5. The van der Waals surface area contributed by atoms with Crippen LogP contribution in [-0.4, -0.2) is 55.1 Å². The number of fused-ring (bicyclic) bond motifs is 1. The molecule has 34 heavy (non-hydrogen) atoms. The first-order chi connectivity index (χ1) is 16.3. The average Bonchev–Trinajstić information content (AvgIpc) is 2.83. The van der Waals surface area contributed by atoms with E-state index in [1.165, 1.54) is 16.4 Å². The van der Waals surface area contributed by atoms with Crippen LogP contribution >= 0.6 is 0 Å². The summed E-state index contributed by atoms with van der Waals surface area (Å²) in [4.78, 5) is 26.7. The maximum absolute atomic E-state index is 13.0. The van der Waals surface area contributed by atoms with Crippen molar-refractivity contribution in [2.24, 2.45) is 5.73 Å². The van der Waals surface area contributed by atoms with Crippen LogP contribution in [0.25, 0.3) is 0 Å². The molecule has 0 aromatic heterocycles. The molecule has 0 radical (unpaired) electrons. The summed E-state index contributed by atoms with van der Waals surface area (Å²) in [6.45, 7) is 0.467. The van der Waals surface area contributed by atoms with Crippen LogP contribution in [0, 0.1) is 0 Å². The van der Waals surface area contributed by atoms with Crippen LogP contribution in [0.3, 0.4) is 0 Å². The van der Waals surface area contributed by atoms with Crippen molar-refractivity contribution in [3.8, 4) is 0 Å². The summed E-state index contributed by atoms with van der Waals surface area (Å²) in [6.07, 6.45) is 5.50. The number of carbonyl (C=O) groups is 2. The number of benzene rings is 2. The second-order valence-electron chi connectivity index (χ2n) is 9.18. The number of nitrogens with one attached hydrogen (secondary N) is 1. The van der Waals surface area contributed by atoms with Crippen LogP contribution in [0.1, 0.15) is 43.2 Å². The molecule has 0 saturated heterocycles. The third kappa shape index (κ3) is 5.32. The van der Waals surface area contributed by atoms with E-state index < -0.39 is 22.0 Å². The molecule has 1 heterocycles. The Morgan fingerprint density at radius 3 is 2.32 bits per heavy atom. The zero-order valence-corrected chi connectivity index (χ0v) is 20.3. The Morgan fingerprint density at radius 1 is 1.03 bits per heavy atom. The maximum Gasteiger partial charge on any atom is 0.243 e. The Labute approximate surface area is 201 Å². The van der Waals surface area contributed by atoms with Crippen molar-refractivity contribution in [1.82, 2.24) is 9.21 Å². The van der Waals surface area contributed by atoms with Gasteiger partial charge in [0.15, 0.2) is 0 Å². The zero-order chi connectivity index (χ0) is 24.3. The second kappa shape index (κ2) is 10.2. The van der Waals surface area contributed by atoms with Gasteiger partial charge in [-0.25, -0.2) is 8.42 Å². The van der Waals surface area contributed by atoms with Crippen molar-refractivity contribution in [2.75, 3.05) is 18.9 Å². The zero-order valence-electron chi connectivity index (χ0n) is 19.4. The minimum absolute atomic E-state index is 0.00636. The van der Waals surface area contributed by atoms with E-state index in [1.807, 2.05) is 24.3 Å². The molecule has 1 aliphatic heterocycles. The van der Waals surface area contributed by atoms with Gasteiger partial charge in [0, 0.05) is 25.3 Å². The highest BCUT2D eigenvalue weighted by Crippen LogP contribution is 2.27. The van der Waals surface area contributed by atoms with Gasteiger partial charge in [0.05, 0.1) is 17.5 Å². The van der Waals surface area contributed by atoms with Crippen LogP contribution in [0.5, 0.6) is 0 Å². The van der Waals surface area contributed by atoms with Gasteiger partial charge in [-0.3, -0.25) is 14.5 Å². The average molecular weight is 485 g/mol. The number of hydrogen-bond donors (Lipinski definition) is 2. The molecule has 1 aliphatic carbocycles. The number of primary amides is 1. The first kappa shape index (κ1) is 24.4. The molecule has 0 bridgehead atoms. The molecular weight excluding hydrogens is 452 g/mol. The lowest BCUT2D eigenvalue weighted by molar-refractivity contribution is -0.125. The van der Waals surface area contributed by atoms with Crippen molar-refractivity contribution in [3.63, 3.8) is 0 Å². The minimum atomic E-state index is -3.59. The molecule has 2 amide bonds. The first-order valence-corrected chi connectivity index (χ1v) is 13.2. The van der Waals surface area contributed by atoms with Crippen LogP contribution in [0.4, 0.5) is 5.69 Å². The highest BCUT2D eigenvalue weighted by atomic mass is 32.2. The number of nitrogens with two attached hydrogens (primary N) is 1. The Balaban J connectivity index is 1.40. The van der Waals surface area contributed by atoms with Gasteiger partial charge in [0.25, 0.3) is 0 Å². The van der Waals surface area contributed by atoms with Gasteiger partial charge < -0.3 is 11.1 Å². The summed E-state index contributed by atoms with van der Waals surface area (Å²) in [6, 6.07) is 13.5. The monoisotopic (exact) mass is 484 g/mol. The number of amides is 2. The van der Waals surface area contributed by atoms with Gasteiger partial charge >= 0.3 is 0 Å². The molecule has 0 spiro atoms. The van der Waals surface area contributed by atoms with Crippen molar-refractivity contribution in [2.45, 2.75) is 62.0 Å². The molecule has 9 heteroatoms. The fourth-order valence-corrected chi connectivity index (χ4v) is 6.34. The lowest BCUT2D eigenvalue weighted by atomic mass is 9.93. The van der Waals surface area contributed by atoms with E-state index in [4.69, 9.17) is 5.73 Å². The molecule has 3 N–H and O–H groups in total. The number of sulfonamides is 1. The molecule has 8 nitrogen and oxygen atoms in total. The molecule has 2 aliphatic rings. The third-order valence-corrected chi connectivity index (χ3v) is 8.85. The number of anilines is 1. The maximum atomic E-state index is 13.0. The molecular formula is C25H32N4O4S. The molecule has 1 saturated carbocycles. The normalized spacial score (nSPS) is 19.5. The Kier molecular flexibility index (Phi) is 7.35. The summed E-state index contributed by atoms with van der Waals surface area (Å²) in [5.41, 5.74) is 8.24. The smallest absolute Gasteiger partial charge is 0.243 e. The fraction of sp³-hybridized carbons (Fsp3) is 0.440. The summed E-state index contributed by atoms with van der Waals surface area (Å²) in [5.74, 6) is -0.750. The van der Waals surface area contributed by atoms with Crippen LogP contribution in [0.15, 0.2) is 53.4 Å². The standard InChI is InChI=1S/C25H32N4O4S/c1-28(21-9-3-2-4-10-21)34(32,33)22-13-11-20(12-14-22)27-24(30)17-29-16-19-8-6-5-7-18(19)15-23(29)25(26)31/h5-8,11-14,21,23H,2-4,9-10,15-17H2,1H3,(H2,26,31)(H,27,30). The van der Waals surface area contributed by atoms with E-state index in [0.29, 0.717) is 18.7 Å². The van der Waals surface area contributed by atoms with Gasteiger partial charge in [-0.2, -0.15) is 4.31 Å². The Hall–Kier alpha value is -2.75. The van der Waals surface area contributed by atoms with Crippen molar-refractivity contribution < 1.29 is 18.0 Å². The van der Waals surface area contributed by atoms with E-state index in [2.05, 4.69) is 5.32 Å². The lowest BCUT2D eigenvalue weighted by Gasteiger charge is -2.34. The molecule has 4 rings (SSSR count). The topological polar surface area (TPSA) is 113 Å². The first-order valence-electron chi connectivity index (χ1n) is 11.7. The summed E-state index contributed by atoms with van der Waals surface area (Å²) in [5, 5.41) is 2.80. The SMILES string of the molecule is CN(C1CCCCC1)S(=O)(=O)c1ccc(NC(=O)CN2Cc3ccccc3CC2C(N)=O)cc1. The molecule has 2 aromatic rings. The van der Waals surface area contributed by atoms with Crippen LogP contribution in [0.2, 0.25) is 0 Å². The second-order valence-corrected chi connectivity index (χ2v) is 11.2. The number of carbonyl (C=O) groups excluding carboxylic acids is 2. The summed E-state index contributed by atoms with van der Waals surface area (Å²) < 4.78 is 27.5. The molecule has 1 fully saturated rings. The predicted molar refractivity (Wildman–Crippen MR) is 130 cm³/mol. The minimum Gasteiger partial charge on any atom is -0.368 e. The third-order valence-electron chi connectivity index (χ3n) is 6.92. The number of rotatable bonds is 7. The van der Waals surface area contributed by atoms with Gasteiger partial charge in [0.2, 0.25) is 21.8 Å². The highest BCUT2D eigenvalue weighted by molar-refractivity contribution is 7.89. The predicted octanol–water partition coefficient (Wildman–Crippen LogP) is 2.49. The summed E-state index contributed by atoms with van der Waals surface area (Å²) in [7, 11) is -1.94. The lowest BCUT2D eigenvalue weighted by Crippen LogP contribution is -2.50. The van der Waals surface area contributed by atoms with Gasteiger partial charge in [-0.15, -0.1) is 0 Å². The largest absolute Gasteiger partial charge is 0.368 e. The Morgan fingerprint density at radius 2 is 1.68 bits per heavy atom. The van der Waals surface area contributed by atoms with E-state index >= 15 is 0 Å². The number of nitrogens with zero attached hydrogens (tertiary/aromatic N) is 2. The van der Waals surface area contributed by atoms with Gasteiger partial charge in [-0.1, -0.05) is 43.5 Å². The van der Waals surface area contributed by atoms with E-state index in [1.54, 1.807) is 24.1 Å². The highest BCUT2D eigenvalue weighted by Gasteiger charge is 2.31. The molecule has 1 atom stereocenters. The van der Waals surface area contributed by atoms with Gasteiger partial charge in [0.1, 0.15) is 0 Å². The van der Waals surface area contributed by atoms with Crippen LogP contribution < -0.4 is 11.1 Å². The van der Waals surface area contributed by atoms with Crippen molar-refractivity contribution in [3.05, 3.63) is 59.7 Å². The van der Waals surface area contributed by atoms with E-state index in [9.17, 15) is 18.0 Å². The van der Waals surface area contributed by atoms with Crippen LogP contribution in [-0.2, 0) is 32.6 Å². The Bertz CT molecular complexity index is 1140. The van der Waals surface area contributed by atoms with Crippen molar-refractivity contribution in [1.29, 1.82) is 0 Å². The quantitative estimate of drug-likeness (QED) is 0.627. The molecule has 1 unspecified atom stereocenters.